The number of amides is 2. The SMILES string of the molecule is CC(NC(=O)C1CCCC1)C(=O)NC1(C)CCCC1. The predicted octanol–water partition coefficient (Wildman–Crippen LogP) is 2.13. The highest BCUT2D eigenvalue weighted by Gasteiger charge is 2.32. The van der Waals surface area contributed by atoms with Gasteiger partial charge < -0.3 is 10.6 Å². The van der Waals surface area contributed by atoms with Gasteiger partial charge in [0.15, 0.2) is 0 Å². The first-order valence-electron chi connectivity index (χ1n) is 7.63. The molecule has 4 nitrogen and oxygen atoms in total. The highest BCUT2D eigenvalue weighted by Crippen LogP contribution is 2.29. The number of hydrogen-bond donors (Lipinski definition) is 2. The van der Waals surface area contributed by atoms with Gasteiger partial charge in [0.2, 0.25) is 11.8 Å². The predicted molar refractivity (Wildman–Crippen MR) is 74.6 cm³/mol. The van der Waals surface area contributed by atoms with E-state index in [9.17, 15) is 9.59 Å². The van der Waals surface area contributed by atoms with Gasteiger partial charge in [-0.2, -0.15) is 0 Å². The Morgan fingerprint density at radius 2 is 1.68 bits per heavy atom. The van der Waals surface area contributed by atoms with Crippen molar-refractivity contribution in [3.63, 3.8) is 0 Å². The quantitative estimate of drug-likeness (QED) is 0.819. The molecule has 0 radical (unpaired) electrons. The van der Waals surface area contributed by atoms with E-state index in [4.69, 9.17) is 0 Å². The molecule has 1 unspecified atom stereocenters. The molecule has 0 saturated heterocycles. The van der Waals surface area contributed by atoms with Crippen molar-refractivity contribution in [3.05, 3.63) is 0 Å². The minimum atomic E-state index is -0.425. The van der Waals surface area contributed by atoms with Gasteiger partial charge in [0.05, 0.1) is 0 Å². The van der Waals surface area contributed by atoms with Crippen LogP contribution in [-0.4, -0.2) is 23.4 Å². The lowest BCUT2D eigenvalue weighted by molar-refractivity contribution is -0.131. The van der Waals surface area contributed by atoms with Crippen LogP contribution in [0.1, 0.15) is 65.2 Å². The number of carbonyl (C=O) groups excluding carboxylic acids is 2. The molecule has 0 aromatic rings. The average Bonchev–Trinajstić information content (AvgIpc) is 3.00. The van der Waals surface area contributed by atoms with Gasteiger partial charge in [-0.05, 0) is 39.5 Å². The lowest BCUT2D eigenvalue weighted by Crippen LogP contribution is -2.52. The van der Waals surface area contributed by atoms with Gasteiger partial charge in [0.1, 0.15) is 6.04 Å². The molecule has 2 fully saturated rings. The van der Waals surface area contributed by atoms with Crippen LogP contribution in [0.15, 0.2) is 0 Å². The number of hydrogen-bond acceptors (Lipinski definition) is 2. The first-order chi connectivity index (χ1) is 9.00. The summed E-state index contributed by atoms with van der Waals surface area (Å²) in [6, 6.07) is -0.425. The molecule has 0 spiro atoms. The maximum atomic E-state index is 12.1. The fourth-order valence-corrected chi connectivity index (χ4v) is 3.27. The molecule has 2 N–H and O–H groups in total. The maximum absolute atomic E-state index is 12.1. The lowest BCUT2D eigenvalue weighted by Gasteiger charge is -2.27. The Hall–Kier alpha value is -1.06. The van der Waals surface area contributed by atoms with Crippen LogP contribution in [0.2, 0.25) is 0 Å². The van der Waals surface area contributed by atoms with Crippen molar-refractivity contribution in [2.75, 3.05) is 0 Å². The summed E-state index contributed by atoms with van der Waals surface area (Å²) in [7, 11) is 0. The number of rotatable bonds is 4. The van der Waals surface area contributed by atoms with Crippen LogP contribution in [0.5, 0.6) is 0 Å². The molecule has 0 aromatic carbocycles. The summed E-state index contributed by atoms with van der Waals surface area (Å²) >= 11 is 0. The van der Waals surface area contributed by atoms with Crippen LogP contribution in [0, 0.1) is 5.92 Å². The van der Waals surface area contributed by atoms with Crippen molar-refractivity contribution < 1.29 is 9.59 Å². The Morgan fingerprint density at radius 3 is 2.26 bits per heavy atom. The second-order valence-electron chi connectivity index (χ2n) is 6.47. The third kappa shape index (κ3) is 3.71. The number of nitrogens with one attached hydrogen (secondary N) is 2. The zero-order valence-corrected chi connectivity index (χ0v) is 12.1. The van der Waals surface area contributed by atoms with E-state index in [1.54, 1.807) is 6.92 Å². The summed E-state index contributed by atoms with van der Waals surface area (Å²) in [6.45, 7) is 3.88. The fraction of sp³-hybridized carbons (Fsp3) is 0.867. The smallest absolute Gasteiger partial charge is 0.242 e. The van der Waals surface area contributed by atoms with E-state index in [-0.39, 0.29) is 23.3 Å². The van der Waals surface area contributed by atoms with E-state index in [0.717, 1.165) is 38.5 Å². The van der Waals surface area contributed by atoms with E-state index in [1.165, 1.54) is 12.8 Å². The first kappa shape index (κ1) is 14.4. The van der Waals surface area contributed by atoms with Crippen LogP contribution >= 0.6 is 0 Å². The van der Waals surface area contributed by atoms with Gasteiger partial charge in [-0.3, -0.25) is 9.59 Å². The molecule has 19 heavy (non-hydrogen) atoms. The minimum absolute atomic E-state index is 0.0456. The normalized spacial score (nSPS) is 24.1. The topological polar surface area (TPSA) is 58.2 Å². The molecule has 0 aromatic heterocycles. The molecule has 0 heterocycles. The van der Waals surface area contributed by atoms with Crippen LogP contribution in [0.4, 0.5) is 0 Å². The Bertz CT molecular complexity index is 342. The van der Waals surface area contributed by atoms with Crippen LogP contribution in [-0.2, 0) is 9.59 Å². The molecule has 1 atom stereocenters. The van der Waals surface area contributed by atoms with Gasteiger partial charge in [-0.25, -0.2) is 0 Å². The van der Waals surface area contributed by atoms with E-state index < -0.39 is 6.04 Å². The summed E-state index contributed by atoms with van der Waals surface area (Å²) in [5, 5.41) is 5.96. The molecule has 2 aliphatic rings. The second kappa shape index (κ2) is 5.93. The van der Waals surface area contributed by atoms with Gasteiger partial charge in [0.25, 0.3) is 0 Å². The summed E-state index contributed by atoms with van der Waals surface area (Å²) in [5.74, 6) is 0.129. The lowest BCUT2D eigenvalue weighted by atomic mass is 10.00. The standard InChI is InChI=1S/C15H26N2O2/c1-11(16-14(19)12-7-3-4-8-12)13(18)17-15(2)9-5-6-10-15/h11-12H,3-10H2,1-2H3,(H,16,19)(H,17,18). The Labute approximate surface area is 115 Å². The third-order valence-electron chi connectivity index (χ3n) is 4.61. The third-order valence-corrected chi connectivity index (χ3v) is 4.61. The van der Waals surface area contributed by atoms with Crippen molar-refractivity contribution in [2.45, 2.75) is 76.8 Å². The molecule has 0 bridgehead atoms. The van der Waals surface area contributed by atoms with Crippen molar-refractivity contribution in [3.8, 4) is 0 Å². The first-order valence-corrected chi connectivity index (χ1v) is 7.63. The highest BCUT2D eigenvalue weighted by atomic mass is 16.2. The zero-order chi connectivity index (χ0) is 13.9. The van der Waals surface area contributed by atoms with E-state index >= 15 is 0 Å². The summed E-state index contributed by atoms with van der Waals surface area (Å²) in [6.07, 6.45) is 8.66. The Morgan fingerprint density at radius 1 is 1.11 bits per heavy atom. The van der Waals surface area contributed by atoms with Gasteiger partial charge in [0, 0.05) is 11.5 Å². The molecular weight excluding hydrogens is 240 g/mol. The van der Waals surface area contributed by atoms with Crippen molar-refractivity contribution >= 4 is 11.8 Å². The zero-order valence-electron chi connectivity index (χ0n) is 12.1. The maximum Gasteiger partial charge on any atom is 0.242 e. The molecule has 2 rings (SSSR count). The Kier molecular flexibility index (Phi) is 4.48. The minimum Gasteiger partial charge on any atom is -0.349 e. The van der Waals surface area contributed by atoms with Gasteiger partial charge in [-0.1, -0.05) is 25.7 Å². The van der Waals surface area contributed by atoms with Gasteiger partial charge in [-0.15, -0.1) is 0 Å². The molecule has 2 saturated carbocycles. The average molecular weight is 266 g/mol. The molecular formula is C15H26N2O2. The molecule has 4 heteroatoms. The van der Waals surface area contributed by atoms with E-state index in [1.807, 2.05) is 0 Å². The van der Waals surface area contributed by atoms with Crippen molar-refractivity contribution in [1.29, 1.82) is 0 Å². The fourth-order valence-electron chi connectivity index (χ4n) is 3.27. The monoisotopic (exact) mass is 266 g/mol. The highest BCUT2D eigenvalue weighted by molar-refractivity contribution is 5.88. The van der Waals surface area contributed by atoms with Crippen LogP contribution < -0.4 is 10.6 Å². The molecule has 0 aliphatic heterocycles. The summed E-state index contributed by atoms with van der Waals surface area (Å²) < 4.78 is 0. The van der Waals surface area contributed by atoms with Gasteiger partial charge >= 0.3 is 0 Å². The van der Waals surface area contributed by atoms with E-state index in [0.29, 0.717) is 0 Å². The summed E-state index contributed by atoms with van der Waals surface area (Å²) in [5.41, 5.74) is -0.0660. The van der Waals surface area contributed by atoms with Crippen LogP contribution in [0.25, 0.3) is 0 Å². The Balaban J connectivity index is 1.80. The molecule has 2 aliphatic carbocycles. The second-order valence-corrected chi connectivity index (χ2v) is 6.47. The summed E-state index contributed by atoms with van der Waals surface area (Å²) in [4.78, 5) is 24.1. The van der Waals surface area contributed by atoms with E-state index in [2.05, 4.69) is 17.6 Å². The molecule has 108 valence electrons. The number of carbonyl (C=O) groups is 2. The van der Waals surface area contributed by atoms with Crippen molar-refractivity contribution in [2.24, 2.45) is 5.92 Å². The van der Waals surface area contributed by atoms with Crippen molar-refractivity contribution in [1.82, 2.24) is 10.6 Å². The largest absolute Gasteiger partial charge is 0.349 e. The van der Waals surface area contributed by atoms with Crippen LogP contribution in [0.3, 0.4) is 0 Å². The molecule has 2 amide bonds.